The normalized spacial score (nSPS) is 15.1. The SMILES string of the molecule is CCN1CCNC(=O)c2ccc(Nc3ncc(Cl)c(Nc4ccccc4OCCN4CCOCC4)n3)cc21.O=C(O)C(F)(F)F. The molecule has 0 bridgehead atoms. The van der Waals surface area contributed by atoms with Crippen LogP contribution in [-0.2, 0) is 9.53 Å². The monoisotopic (exact) mass is 651 g/mol. The van der Waals surface area contributed by atoms with Crippen LogP contribution in [0.2, 0.25) is 5.02 Å². The van der Waals surface area contributed by atoms with Crippen LogP contribution in [0, 0.1) is 0 Å². The first-order valence-corrected chi connectivity index (χ1v) is 14.5. The van der Waals surface area contributed by atoms with E-state index in [1.165, 1.54) is 0 Å². The van der Waals surface area contributed by atoms with Gasteiger partial charge in [0.15, 0.2) is 5.82 Å². The second-order valence-corrected chi connectivity index (χ2v) is 10.2. The van der Waals surface area contributed by atoms with Gasteiger partial charge in [-0.3, -0.25) is 9.69 Å². The summed E-state index contributed by atoms with van der Waals surface area (Å²) in [5.74, 6) is -1.27. The summed E-state index contributed by atoms with van der Waals surface area (Å²) in [6, 6.07) is 13.3. The number of carbonyl (C=O) groups excluding carboxylic acids is 1. The molecule has 16 heteroatoms. The first-order valence-electron chi connectivity index (χ1n) is 14.1. The van der Waals surface area contributed by atoms with E-state index in [1.807, 2.05) is 42.5 Å². The van der Waals surface area contributed by atoms with Crippen molar-refractivity contribution in [3.63, 3.8) is 0 Å². The number of hydrogen-bond acceptors (Lipinski definition) is 10. The Hall–Kier alpha value is -4.34. The van der Waals surface area contributed by atoms with Gasteiger partial charge in [0.2, 0.25) is 5.95 Å². The topological polar surface area (TPSA) is 141 Å². The second-order valence-electron chi connectivity index (χ2n) is 9.81. The van der Waals surface area contributed by atoms with Gasteiger partial charge in [0, 0.05) is 45.0 Å². The number of fused-ring (bicyclic) bond motifs is 1. The molecule has 242 valence electrons. The minimum absolute atomic E-state index is 0.0671. The number of nitrogens with zero attached hydrogens (tertiary/aromatic N) is 4. The minimum Gasteiger partial charge on any atom is -0.490 e. The number of aliphatic carboxylic acids is 1. The second kappa shape index (κ2) is 15.6. The summed E-state index contributed by atoms with van der Waals surface area (Å²) in [6.07, 6.45) is -3.53. The van der Waals surface area contributed by atoms with E-state index in [0.717, 1.165) is 63.0 Å². The standard InChI is InChI=1S/C27H32ClN7O3.C2HF3O2/c1-2-35-10-9-29-26(36)20-8-7-19(17-23(20)35)31-27-30-18-21(28)25(33-27)32-22-5-3-4-6-24(22)38-16-13-34-11-14-37-15-12-34;3-2(4,5)1(6)7/h3-8,17-18H,2,9-16H2,1H3,(H,29,36)(H2,30,31,32,33);(H,6,7). The molecule has 12 nitrogen and oxygen atoms in total. The molecule has 1 amide bonds. The fourth-order valence-corrected chi connectivity index (χ4v) is 4.63. The summed E-state index contributed by atoms with van der Waals surface area (Å²) < 4.78 is 43.2. The molecule has 1 fully saturated rings. The number of halogens is 4. The molecule has 3 aromatic rings. The third-order valence-corrected chi connectivity index (χ3v) is 7.06. The van der Waals surface area contributed by atoms with Crippen molar-refractivity contribution < 1.29 is 37.3 Å². The summed E-state index contributed by atoms with van der Waals surface area (Å²) in [7, 11) is 0. The maximum Gasteiger partial charge on any atom is 0.490 e. The van der Waals surface area contributed by atoms with Crippen molar-refractivity contribution in [2.75, 3.05) is 74.6 Å². The van der Waals surface area contributed by atoms with Crippen molar-refractivity contribution >= 4 is 52.3 Å². The molecule has 2 aliphatic rings. The first-order chi connectivity index (χ1) is 21.5. The van der Waals surface area contributed by atoms with Crippen LogP contribution in [0.1, 0.15) is 17.3 Å². The zero-order chi connectivity index (χ0) is 32.4. The van der Waals surface area contributed by atoms with Crippen LogP contribution >= 0.6 is 11.6 Å². The number of alkyl halides is 3. The number of anilines is 5. The van der Waals surface area contributed by atoms with Gasteiger partial charge < -0.3 is 35.4 Å². The van der Waals surface area contributed by atoms with E-state index in [4.69, 9.17) is 31.0 Å². The number of para-hydroxylation sites is 2. The lowest BCUT2D eigenvalue weighted by Gasteiger charge is -2.26. The summed E-state index contributed by atoms with van der Waals surface area (Å²) in [5, 5.41) is 17.0. The third-order valence-electron chi connectivity index (χ3n) is 6.78. The lowest BCUT2D eigenvalue weighted by molar-refractivity contribution is -0.192. The Morgan fingerprint density at radius 2 is 1.89 bits per heavy atom. The molecule has 0 atom stereocenters. The zero-order valence-electron chi connectivity index (χ0n) is 24.4. The molecular weight excluding hydrogens is 619 g/mol. The van der Waals surface area contributed by atoms with Crippen molar-refractivity contribution in [2.24, 2.45) is 0 Å². The van der Waals surface area contributed by atoms with Crippen molar-refractivity contribution in [3.05, 3.63) is 59.2 Å². The van der Waals surface area contributed by atoms with Gasteiger partial charge >= 0.3 is 12.1 Å². The third kappa shape index (κ3) is 9.57. The van der Waals surface area contributed by atoms with Gasteiger partial charge in [0.1, 0.15) is 17.4 Å². The number of carboxylic acid groups (broad SMARTS) is 1. The molecule has 2 aromatic carbocycles. The number of aromatic nitrogens is 2. The number of amides is 1. The summed E-state index contributed by atoms with van der Waals surface area (Å²) in [5.41, 5.74) is 3.06. The number of nitrogens with one attached hydrogen (secondary N) is 3. The van der Waals surface area contributed by atoms with E-state index in [-0.39, 0.29) is 5.91 Å². The predicted molar refractivity (Wildman–Crippen MR) is 163 cm³/mol. The van der Waals surface area contributed by atoms with E-state index in [1.54, 1.807) is 6.20 Å². The van der Waals surface area contributed by atoms with E-state index in [2.05, 4.69) is 42.6 Å². The average molecular weight is 652 g/mol. The molecule has 0 aliphatic carbocycles. The Balaban J connectivity index is 0.000000591. The highest BCUT2D eigenvalue weighted by Crippen LogP contribution is 2.32. The highest BCUT2D eigenvalue weighted by atomic mass is 35.5. The number of likely N-dealkylation sites (N-methyl/N-ethyl adjacent to an activating group) is 1. The Kier molecular flexibility index (Phi) is 11.6. The molecule has 4 N–H and O–H groups in total. The molecule has 45 heavy (non-hydrogen) atoms. The lowest BCUT2D eigenvalue weighted by Crippen LogP contribution is -2.38. The number of ether oxygens (including phenoxy) is 2. The maximum absolute atomic E-state index is 12.4. The molecule has 3 heterocycles. The maximum atomic E-state index is 12.4. The fraction of sp³-hybridized carbons (Fsp3) is 0.379. The van der Waals surface area contributed by atoms with Crippen LogP contribution in [0.4, 0.5) is 42.0 Å². The molecule has 0 spiro atoms. The van der Waals surface area contributed by atoms with Crippen molar-refractivity contribution in [2.45, 2.75) is 13.1 Å². The average Bonchev–Trinajstić information content (AvgIpc) is 3.17. The Labute approximate surface area is 262 Å². The smallest absolute Gasteiger partial charge is 0.490 e. The van der Waals surface area contributed by atoms with Crippen LogP contribution in [0.5, 0.6) is 5.75 Å². The van der Waals surface area contributed by atoms with E-state index < -0.39 is 12.1 Å². The molecule has 0 saturated carbocycles. The van der Waals surface area contributed by atoms with Gasteiger partial charge in [-0.05, 0) is 37.3 Å². The lowest BCUT2D eigenvalue weighted by atomic mass is 10.1. The van der Waals surface area contributed by atoms with E-state index in [9.17, 15) is 18.0 Å². The highest BCUT2D eigenvalue weighted by molar-refractivity contribution is 6.33. The predicted octanol–water partition coefficient (Wildman–Crippen LogP) is 4.53. The molecular formula is C29H33ClF3N7O5. The zero-order valence-corrected chi connectivity index (χ0v) is 25.1. The van der Waals surface area contributed by atoms with Crippen LogP contribution in [0.3, 0.4) is 0 Å². The number of carbonyl (C=O) groups is 2. The molecule has 1 saturated heterocycles. The number of rotatable bonds is 9. The van der Waals surface area contributed by atoms with Crippen LogP contribution < -0.4 is 25.6 Å². The van der Waals surface area contributed by atoms with Crippen LogP contribution in [0.15, 0.2) is 48.7 Å². The van der Waals surface area contributed by atoms with Gasteiger partial charge in [0.25, 0.3) is 5.91 Å². The largest absolute Gasteiger partial charge is 0.490 e. The molecule has 1 aromatic heterocycles. The van der Waals surface area contributed by atoms with Crippen molar-refractivity contribution in [1.82, 2.24) is 20.2 Å². The highest BCUT2D eigenvalue weighted by Gasteiger charge is 2.38. The molecule has 0 radical (unpaired) electrons. The number of carboxylic acids is 1. The van der Waals surface area contributed by atoms with Crippen LogP contribution in [0.25, 0.3) is 0 Å². The van der Waals surface area contributed by atoms with E-state index >= 15 is 0 Å². The molecule has 2 aliphatic heterocycles. The van der Waals surface area contributed by atoms with Gasteiger partial charge in [-0.25, -0.2) is 9.78 Å². The Bertz CT molecular complexity index is 1470. The number of benzene rings is 2. The Morgan fingerprint density at radius 1 is 1.16 bits per heavy atom. The summed E-state index contributed by atoms with van der Waals surface area (Å²) >= 11 is 6.45. The summed E-state index contributed by atoms with van der Waals surface area (Å²) in [6.45, 7) is 8.99. The van der Waals surface area contributed by atoms with Gasteiger partial charge in [-0.15, -0.1) is 0 Å². The van der Waals surface area contributed by atoms with Crippen molar-refractivity contribution in [1.29, 1.82) is 0 Å². The minimum atomic E-state index is -5.08. The number of morpholine rings is 1. The quantitative estimate of drug-likeness (QED) is 0.259. The first kappa shape index (κ1) is 33.6. The van der Waals surface area contributed by atoms with Crippen molar-refractivity contribution in [3.8, 4) is 5.75 Å². The van der Waals surface area contributed by atoms with Gasteiger partial charge in [-0.2, -0.15) is 18.2 Å². The van der Waals surface area contributed by atoms with Gasteiger partial charge in [0.05, 0.1) is 36.3 Å². The molecule has 0 unspecified atom stereocenters. The van der Waals surface area contributed by atoms with E-state index in [0.29, 0.717) is 41.3 Å². The summed E-state index contributed by atoms with van der Waals surface area (Å²) in [4.78, 5) is 34.8. The Morgan fingerprint density at radius 3 is 2.60 bits per heavy atom. The molecule has 5 rings (SSSR count). The van der Waals surface area contributed by atoms with Gasteiger partial charge in [-0.1, -0.05) is 23.7 Å². The number of hydrogen-bond donors (Lipinski definition) is 4. The van der Waals surface area contributed by atoms with Crippen LogP contribution in [-0.4, -0.2) is 97.1 Å². The fourth-order valence-electron chi connectivity index (χ4n) is 4.49.